The Bertz CT molecular complexity index is 3010. The third-order valence-electron chi connectivity index (χ3n) is 10.6. The molecule has 0 aliphatic carbocycles. The van der Waals surface area contributed by atoms with Crippen LogP contribution in [0.4, 0.5) is 17.1 Å². The quantitative estimate of drug-likeness (QED) is 0.170. The average Bonchev–Trinajstić information content (AvgIpc) is 3.23. The molecule has 0 radical (unpaired) electrons. The van der Waals surface area contributed by atoms with Gasteiger partial charge < -0.3 is 4.90 Å². The molecule has 0 aromatic heterocycles. The number of hydrogen-bond donors (Lipinski definition) is 0. The number of fused-ring (bicyclic) bond motifs is 5. The highest BCUT2D eigenvalue weighted by molar-refractivity contribution is 6.25. The van der Waals surface area contributed by atoms with E-state index in [0.29, 0.717) is 5.56 Å². The Morgan fingerprint density at radius 2 is 0.830 bits per heavy atom. The SMILES string of the molecule is N#Cc1ccc(N(c2ccc3ccccc3c2)c2ccc(-c3c4ccccc4c(-c4cccc5ccccc45)c4ccccc34)c3ccccc23)cc1. The summed E-state index contributed by atoms with van der Waals surface area (Å²) in [5, 5.41) is 21.7. The van der Waals surface area contributed by atoms with Gasteiger partial charge in [-0.1, -0.05) is 152 Å². The van der Waals surface area contributed by atoms with Gasteiger partial charge in [0.25, 0.3) is 0 Å². The summed E-state index contributed by atoms with van der Waals surface area (Å²) in [4.78, 5) is 2.32. The Morgan fingerprint density at radius 3 is 1.47 bits per heavy atom. The molecule has 0 atom stereocenters. The van der Waals surface area contributed by atoms with Crippen molar-refractivity contribution in [3.63, 3.8) is 0 Å². The Balaban J connectivity index is 1.26. The smallest absolute Gasteiger partial charge is 0.0991 e. The summed E-state index contributed by atoms with van der Waals surface area (Å²) in [5.74, 6) is 0. The largest absolute Gasteiger partial charge is 0.310 e. The highest BCUT2D eigenvalue weighted by Gasteiger charge is 2.22. The molecule has 10 aromatic carbocycles. The van der Waals surface area contributed by atoms with Gasteiger partial charge in [0.15, 0.2) is 0 Å². The fraction of sp³-hybridized carbons (Fsp3) is 0. The topological polar surface area (TPSA) is 27.0 Å². The summed E-state index contributed by atoms with van der Waals surface area (Å²) in [7, 11) is 0. The lowest BCUT2D eigenvalue weighted by Gasteiger charge is -2.28. The van der Waals surface area contributed by atoms with Crippen molar-refractivity contribution in [1.29, 1.82) is 5.26 Å². The molecule has 2 nitrogen and oxygen atoms in total. The second kappa shape index (κ2) is 12.5. The molecule has 10 rings (SSSR count). The summed E-state index contributed by atoms with van der Waals surface area (Å²) in [6, 6.07) is 71.7. The first-order valence-corrected chi connectivity index (χ1v) is 18.0. The van der Waals surface area contributed by atoms with Crippen LogP contribution >= 0.6 is 0 Å². The van der Waals surface area contributed by atoms with Crippen LogP contribution in [0.1, 0.15) is 5.56 Å². The van der Waals surface area contributed by atoms with Gasteiger partial charge >= 0.3 is 0 Å². The van der Waals surface area contributed by atoms with E-state index in [1.54, 1.807) is 0 Å². The van der Waals surface area contributed by atoms with Crippen molar-refractivity contribution in [2.24, 2.45) is 0 Å². The summed E-state index contributed by atoms with van der Waals surface area (Å²) >= 11 is 0. The molecular weight excluding hydrogens is 641 g/mol. The predicted octanol–water partition coefficient (Wildman–Crippen LogP) is 14.1. The lowest BCUT2D eigenvalue weighted by molar-refractivity contribution is 1.30. The molecule has 0 N–H and O–H groups in total. The van der Waals surface area contributed by atoms with Gasteiger partial charge in [-0.25, -0.2) is 0 Å². The van der Waals surface area contributed by atoms with Crippen LogP contribution in [-0.4, -0.2) is 0 Å². The molecular formula is C51H32N2. The second-order valence-corrected chi connectivity index (χ2v) is 13.6. The number of nitriles is 1. The fourth-order valence-corrected chi connectivity index (χ4v) is 8.28. The zero-order valence-electron chi connectivity index (χ0n) is 28.9. The van der Waals surface area contributed by atoms with Crippen molar-refractivity contribution in [3.8, 4) is 28.3 Å². The molecule has 53 heavy (non-hydrogen) atoms. The van der Waals surface area contributed by atoms with Gasteiger partial charge in [-0.3, -0.25) is 0 Å². The first-order chi connectivity index (χ1) is 26.3. The second-order valence-electron chi connectivity index (χ2n) is 13.6. The molecule has 0 unspecified atom stereocenters. The van der Waals surface area contributed by atoms with E-state index in [1.165, 1.54) is 70.7 Å². The van der Waals surface area contributed by atoms with Gasteiger partial charge in [-0.05, 0) is 113 Å². The number of hydrogen-bond acceptors (Lipinski definition) is 2. The van der Waals surface area contributed by atoms with Crippen molar-refractivity contribution >= 4 is 70.9 Å². The Morgan fingerprint density at radius 1 is 0.340 bits per heavy atom. The molecule has 2 heteroatoms. The lowest BCUT2D eigenvalue weighted by atomic mass is 9.83. The summed E-state index contributed by atoms with van der Waals surface area (Å²) in [5.41, 5.74) is 8.70. The van der Waals surface area contributed by atoms with Gasteiger partial charge in [0.2, 0.25) is 0 Å². The number of benzene rings is 10. The van der Waals surface area contributed by atoms with E-state index < -0.39 is 0 Å². The normalized spacial score (nSPS) is 11.4. The van der Waals surface area contributed by atoms with Crippen LogP contribution in [0.25, 0.3) is 76.1 Å². The molecule has 0 fully saturated rings. The molecule has 0 aliphatic rings. The fourth-order valence-electron chi connectivity index (χ4n) is 8.28. The van der Waals surface area contributed by atoms with E-state index in [2.05, 4.69) is 181 Å². The highest BCUT2D eigenvalue weighted by Crippen LogP contribution is 2.48. The summed E-state index contributed by atoms with van der Waals surface area (Å²) < 4.78 is 0. The minimum absolute atomic E-state index is 0.637. The monoisotopic (exact) mass is 672 g/mol. The third-order valence-corrected chi connectivity index (χ3v) is 10.6. The molecule has 0 amide bonds. The van der Waals surface area contributed by atoms with Gasteiger partial charge in [0.1, 0.15) is 0 Å². The van der Waals surface area contributed by atoms with E-state index in [9.17, 15) is 5.26 Å². The van der Waals surface area contributed by atoms with E-state index in [4.69, 9.17) is 0 Å². The maximum atomic E-state index is 9.62. The Kier molecular flexibility index (Phi) is 7.23. The maximum absolute atomic E-state index is 9.62. The van der Waals surface area contributed by atoms with Crippen molar-refractivity contribution in [3.05, 3.63) is 200 Å². The number of rotatable bonds is 5. The van der Waals surface area contributed by atoms with E-state index in [0.717, 1.165) is 22.4 Å². The molecule has 0 bridgehead atoms. The molecule has 0 aliphatic heterocycles. The van der Waals surface area contributed by atoms with Gasteiger partial charge in [-0.2, -0.15) is 5.26 Å². The molecule has 0 saturated heterocycles. The number of nitrogens with zero attached hydrogens (tertiary/aromatic N) is 2. The van der Waals surface area contributed by atoms with Crippen molar-refractivity contribution < 1.29 is 0 Å². The highest BCUT2D eigenvalue weighted by atomic mass is 15.1. The standard InChI is InChI=1S/C51H32N2/c52-33-34-24-27-38(28-25-34)53(39-29-26-35-12-1-2-14-37(35)32-39)49-31-30-48(41-17-5-6-18-42(41)49)51-46-21-9-7-19-44(46)50(45-20-8-10-22-47(45)51)43-23-11-15-36-13-3-4-16-40(36)43/h1-32H. The van der Waals surface area contributed by atoms with Crippen molar-refractivity contribution in [2.45, 2.75) is 0 Å². The third kappa shape index (κ3) is 5.02. The summed E-state index contributed by atoms with van der Waals surface area (Å²) in [6.45, 7) is 0. The molecule has 246 valence electrons. The van der Waals surface area contributed by atoms with Crippen molar-refractivity contribution in [2.75, 3.05) is 4.90 Å². The number of anilines is 3. The minimum Gasteiger partial charge on any atom is -0.310 e. The molecule has 0 spiro atoms. The van der Waals surface area contributed by atoms with Crippen LogP contribution < -0.4 is 4.90 Å². The first-order valence-electron chi connectivity index (χ1n) is 18.0. The maximum Gasteiger partial charge on any atom is 0.0991 e. The van der Waals surface area contributed by atoms with E-state index in [1.807, 2.05) is 24.3 Å². The van der Waals surface area contributed by atoms with Gasteiger partial charge in [0.05, 0.1) is 17.3 Å². The van der Waals surface area contributed by atoms with Crippen LogP contribution in [-0.2, 0) is 0 Å². The van der Waals surface area contributed by atoms with Crippen LogP contribution in [0.3, 0.4) is 0 Å². The Labute approximate surface area is 308 Å². The molecule has 0 heterocycles. The zero-order chi connectivity index (χ0) is 35.3. The minimum atomic E-state index is 0.637. The predicted molar refractivity (Wildman–Crippen MR) is 224 cm³/mol. The Hall–Kier alpha value is -7.21. The van der Waals surface area contributed by atoms with Gasteiger partial charge in [0, 0.05) is 16.8 Å². The van der Waals surface area contributed by atoms with Crippen LogP contribution in [0.5, 0.6) is 0 Å². The molecule has 0 saturated carbocycles. The van der Waals surface area contributed by atoms with E-state index >= 15 is 0 Å². The lowest BCUT2D eigenvalue weighted by Crippen LogP contribution is -2.10. The van der Waals surface area contributed by atoms with Crippen LogP contribution in [0, 0.1) is 11.3 Å². The van der Waals surface area contributed by atoms with Gasteiger partial charge in [-0.15, -0.1) is 0 Å². The van der Waals surface area contributed by atoms with Crippen molar-refractivity contribution in [1.82, 2.24) is 0 Å². The average molecular weight is 673 g/mol. The van der Waals surface area contributed by atoms with Crippen LogP contribution in [0.2, 0.25) is 0 Å². The van der Waals surface area contributed by atoms with E-state index in [-0.39, 0.29) is 0 Å². The van der Waals surface area contributed by atoms with Crippen LogP contribution in [0.15, 0.2) is 194 Å². The zero-order valence-corrected chi connectivity index (χ0v) is 28.9. The molecule has 10 aromatic rings. The first kappa shape index (κ1) is 30.6. The summed E-state index contributed by atoms with van der Waals surface area (Å²) in [6.07, 6.45) is 0.